The van der Waals surface area contributed by atoms with Crippen LogP contribution in [0.25, 0.3) is 10.6 Å². The van der Waals surface area contributed by atoms with E-state index in [0.717, 1.165) is 23.2 Å². The van der Waals surface area contributed by atoms with Crippen molar-refractivity contribution >= 4 is 16.5 Å². The van der Waals surface area contributed by atoms with E-state index in [4.69, 9.17) is 0 Å². The third-order valence-corrected chi connectivity index (χ3v) is 5.62. The molecule has 3 fully saturated rings. The Balaban J connectivity index is 1.60. The minimum Gasteiger partial charge on any atom is -0.342 e. The van der Waals surface area contributed by atoms with Crippen molar-refractivity contribution in [2.24, 2.45) is 0 Å². The molecule has 1 aromatic heterocycles. The molecule has 21 heavy (non-hydrogen) atoms. The molecule has 5 heteroatoms. The second-order valence-electron chi connectivity index (χ2n) is 6.02. The molecule has 4 heterocycles. The largest absolute Gasteiger partial charge is 0.342 e. The molecule has 0 spiro atoms. The molecule has 110 valence electrons. The van der Waals surface area contributed by atoms with E-state index < -0.39 is 0 Å². The van der Waals surface area contributed by atoms with Gasteiger partial charge < -0.3 is 9.80 Å². The number of aryl methyl sites for hydroxylation is 1. The maximum atomic E-state index is 4.47. The summed E-state index contributed by atoms with van der Waals surface area (Å²) in [6.45, 7) is 6.84. The lowest BCUT2D eigenvalue weighted by Gasteiger charge is -2.30. The first-order chi connectivity index (χ1) is 10.3. The van der Waals surface area contributed by atoms with Gasteiger partial charge in [-0.2, -0.15) is 0 Å². The summed E-state index contributed by atoms with van der Waals surface area (Å²) in [4.78, 5) is 5.06. The van der Waals surface area contributed by atoms with Crippen LogP contribution in [-0.4, -0.2) is 47.3 Å². The highest BCUT2D eigenvalue weighted by atomic mass is 32.1. The van der Waals surface area contributed by atoms with Crippen LogP contribution in [0.2, 0.25) is 0 Å². The summed E-state index contributed by atoms with van der Waals surface area (Å²) < 4.78 is 0. The number of nitrogens with zero attached hydrogens (tertiary/aromatic N) is 4. The second kappa shape index (κ2) is 5.39. The quantitative estimate of drug-likeness (QED) is 0.854. The molecule has 1 aromatic carbocycles. The summed E-state index contributed by atoms with van der Waals surface area (Å²) in [6.07, 6.45) is 2.53. The lowest BCUT2D eigenvalue weighted by atomic mass is 10.1. The van der Waals surface area contributed by atoms with Crippen molar-refractivity contribution in [2.75, 3.05) is 31.1 Å². The third kappa shape index (κ3) is 2.56. The number of rotatable bonds is 2. The van der Waals surface area contributed by atoms with E-state index in [2.05, 4.69) is 51.2 Å². The topological polar surface area (TPSA) is 32.3 Å². The average Bonchev–Trinajstić information content (AvgIpc) is 2.81. The molecule has 3 saturated heterocycles. The Labute approximate surface area is 129 Å². The van der Waals surface area contributed by atoms with Crippen molar-refractivity contribution in [1.29, 1.82) is 0 Å². The first-order valence-corrected chi connectivity index (χ1v) is 8.51. The maximum Gasteiger partial charge on any atom is 0.208 e. The molecule has 0 radical (unpaired) electrons. The summed E-state index contributed by atoms with van der Waals surface area (Å²) in [5.41, 5.74) is 2.45. The lowest BCUT2D eigenvalue weighted by Crippen LogP contribution is -2.37. The number of fused-ring (bicyclic) bond motifs is 4. The van der Waals surface area contributed by atoms with E-state index in [9.17, 15) is 0 Å². The maximum absolute atomic E-state index is 4.47. The summed E-state index contributed by atoms with van der Waals surface area (Å²) in [7, 11) is 0. The van der Waals surface area contributed by atoms with Crippen LogP contribution in [0.3, 0.4) is 0 Å². The van der Waals surface area contributed by atoms with Crippen LogP contribution in [0.5, 0.6) is 0 Å². The minimum atomic E-state index is 0.655. The van der Waals surface area contributed by atoms with E-state index in [-0.39, 0.29) is 0 Å². The van der Waals surface area contributed by atoms with E-state index in [1.165, 1.54) is 37.1 Å². The van der Waals surface area contributed by atoms with Crippen LogP contribution in [0.15, 0.2) is 24.3 Å². The number of aromatic nitrogens is 2. The first kappa shape index (κ1) is 13.2. The molecule has 0 saturated carbocycles. The van der Waals surface area contributed by atoms with Crippen molar-refractivity contribution in [2.45, 2.75) is 25.8 Å². The van der Waals surface area contributed by atoms with Crippen molar-refractivity contribution in [1.82, 2.24) is 15.1 Å². The molecular formula is C16H20N4S. The fourth-order valence-electron chi connectivity index (χ4n) is 3.28. The van der Waals surface area contributed by atoms with Gasteiger partial charge in [0, 0.05) is 37.8 Å². The van der Waals surface area contributed by atoms with Crippen molar-refractivity contribution < 1.29 is 0 Å². The predicted molar refractivity (Wildman–Crippen MR) is 86.9 cm³/mol. The molecule has 0 aliphatic carbocycles. The van der Waals surface area contributed by atoms with Crippen LogP contribution in [0.1, 0.15) is 18.4 Å². The van der Waals surface area contributed by atoms with Gasteiger partial charge in [-0.3, -0.25) is 0 Å². The minimum absolute atomic E-state index is 0.655. The molecule has 0 atom stereocenters. The van der Waals surface area contributed by atoms with Crippen molar-refractivity contribution in [3.8, 4) is 10.6 Å². The zero-order valence-electron chi connectivity index (χ0n) is 12.3. The normalized spacial score (nSPS) is 25.1. The van der Waals surface area contributed by atoms with Crippen LogP contribution >= 0.6 is 11.3 Å². The van der Waals surface area contributed by atoms with E-state index in [1.807, 2.05) is 0 Å². The van der Waals surface area contributed by atoms with Crippen LogP contribution in [0, 0.1) is 6.92 Å². The van der Waals surface area contributed by atoms with E-state index in [0.29, 0.717) is 6.04 Å². The van der Waals surface area contributed by atoms with Gasteiger partial charge in [-0.25, -0.2) is 0 Å². The molecule has 4 nitrogen and oxygen atoms in total. The van der Waals surface area contributed by atoms with Gasteiger partial charge in [-0.15, -0.1) is 10.2 Å². The Morgan fingerprint density at radius 1 is 1.00 bits per heavy atom. The number of benzene rings is 1. The monoisotopic (exact) mass is 300 g/mol. The first-order valence-electron chi connectivity index (χ1n) is 7.69. The van der Waals surface area contributed by atoms with Crippen LogP contribution < -0.4 is 4.90 Å². The highest BCUT2D eigenvalue weighted by molar-refractivity contribution is 7.18. The van der Waals surface area contributed by atoms with Gasteiger partial charge in [0.25, 0.3) is 0 Å². The number of hydrogen-bond donors (Lipinski definition) is 0. The van der Waals surface area contributed by atoms with Gasteiger partial charge in [-0.1, -0.05) is 41.2 Å². The molecule has 2 aromatic rings. The Hall–Kier alpha value is -1.46. The van der Waals surface area contributed by atoms with Gasteiger partial charge in [0.2, 0.25) is 5.13 Å². The number of hydrogen-bond acceptors (Lipinski definition) is 5. The Morgan fingerprint density at radius 3 is 2.52 bits per heavy atom. The van der Waals surface area contributed by atoms with E-state index in [1.54, 1.807) is 11.3 Å². The van der Waals surface area contributed by atoms with Gasteiger partial charge in [-0.05, 0) is 19.8 Å². The van der Waals surface area contributed by atoms with Gasteiger partial charge in [0.05, 0.1) is 0 Å². The zero-order chi connectivity index (χ0) is 14.2. The molecule has 0 N–H and O–H groups in total. The predicted octanol–water partition coefficient (Wildman–Crippen LogP) is 2.80. The standard InChI is InChI=1S/C16H20N4S/c1-12-2-4-13(5-3-12)15-17-18-16(21-15)20-11-10-19-8-6-14(20)7-9-19/h2-5,14H,6-11H2,1H3. The Morgan fingerprint density at radius 2 is 1.76 bits per heavy atom. The highest BCUT2D eigenvalue weighted by Gasteiger charge is 2.30. The highest BCUT2D eigenvalue weighted by Crippen LogP contribution is 2.32. The molecular weight excluding hydrogens is 280 g/mol. The smallest absolute Gasteiger partial charge is 0.208 e. The summed E-state index contributed by atoms with van der Waals surface area (Å²) in [5.74, 6) is 0. The van der Waals surface area contributed by atoms with Gasteiger partial charge in [0.15, 0.2) is 0 Å². The molecule has 0 unspecified atom stereocenters. The molecule has 3 aliphatic rings. The third-order valence-electron chi connectivity index (χ3n) is 4.61. The number of anilines is 1. The van der Waals surface area contributed by atoms with Crippen LogP contribution in [-0.2, 0) is 0 Å². The fourth-order valence-corrected chi connectivity index (χ4v) is 4.23. The summed E-state index contributed by atoms with van der Waals surface area (Å²) >= 11 is 1.73. The molecule has 3 aliphatic heterocycles. The lowest BCUT2D eigenvalue weighted by molar-refractivity contribution is 0.250. The van der Waals surface area contributed by atoms with Crippen molar-refractivity contribution in [3.63, 3.8) is 0 Å². The Bertz CT molecular complexity index is 613. The number of piperidine rings is 1. The zero-order valence-corrected chi connectivity index (χ0v) is 13.1. The fraction of sp³-hybridized carbons (Fsp3) is 0.500. The van der Waals surface area contributed by atoms with Crippen molar-refractivity contribution in [3.05, 3.63) is 29.8 Å². The Kier molecular flexibility index (Phi) is 3.39. The summed E-state index contributed by atoms with van der Waals surface area (Å²) in [6, 6.07) is 9.20. The molecule has 5 rings (SSSR count). The van der Waals surface area contributed by atoms with Gasteiger partial charge in [0.1, 0.15) is 5.01 Å². The van der Waals surface area contributed by atoms with Crippen LogP contribution in [0.4, 0.5) is 5.13 Å². The molecule has 0 amide bonds. The summed E-state index contributed by atoms with van der Waals surface area (Å²) in [5, 5.41) is 11.0. The van der Waals surface area contributed by atoms with E-state index >= 15 is 0 Å². The molecule has 2 bridgehead atoms. The SMILES string of the molecule is Cc1ccc(-c2nnc(N3CCN4CCC3CC4)s2)cc1. The van der Waals surface area contributed by atoms with Gasteiger partial charge >= 0.3 is 0 Å². The second-order valence-corrected chi connectivity index (χ2v) is 6.98. The average molecular weight is 300 g/mol.